The summed E-state index contributed by atoms with van der Waals surface area (Å²) in [7, 11) is -3.98. The predicted molar refractivity (Wildman–Crippen MR) is 109 cm³/mol. The standard InChI is InChI=1S/C20H18BrNO4S/c1-2-26-20(23)14-22(19-10-6-5-9-18(19)21)27(24,25)17-12-11-15-7-3-4-8-16(15)13-17/h3-13H,2,14H2,1H3. The van der Waals surface area contributed by atoms with Gasteiger partial charge in [0.25, 0.3) is 10.0 Å². The Morgan fingerprint density at radius 2 is 1.67 bits per heavy atom. The summed E-state index contributed by atoms with van der Waals surface area (Å²) >= 11 is 3.37. The second-order valence-corrected chi connectivity index (χ2v) is 8.49. The van der Waals surface area contributed by atoms with Gasteiger partial charge in [-0.1, -0.05) is 42.5 Å². The maximum atomic E-state index is 13.4. The summed E-state index contributed by atoms with van der Waals surface area (Å²) < 4.78 is 33.3. The van der Waals surface area contributed by atoms with E-state index < -0.39 is 22.5 Å². The Balaban J connectivity index is 2.10. The van der Waals surface area contributed by atoms with Crippen molar-refractivity contribution in [3.05, 3.63) is 71.2 Å². The number of nitrogens with zero attached hydrogens (tertiary/aromatic N) is 1. The molecule has 0 bridgehead atoms. The van der Waals surface area contributed by atoms with Gasteiger partial charge in [0.2, 0.25) is 0 Å². The summed E-state index contributed by atoms with van der Waals surface area (Å²) in [4.78, 5) is 12.2. The van der Waals surface area contributed by atoms with Gasteiger partial charge < -0.3 is 4.74 Å². The molecular formula is C20H18BrNO4S. The van der Waals surface area contributed by atoms with Gasteiger partial charge in [-0.3, -0.25) is 9.10 Å². The highest BCUT2D eigenvalue weighted by atomic mass is 79.9. The molecule has 0 radical (unpaired) electrons. The number of sulfonamides is 1. The number of benzene rings is 3. The number of anilines is 1. The van der Waals surface area contributed by atoms with Crippen molar-refractivity contribution in [2.45, 2.75) is 11.8 Å². The molecule has 0 unspecified atom stereocenters. The molecule has 0 aromatic heterocycles. The van der Waals surface area contributed by atoms with Crippen molar-refractivity contribution in [1.82, 2.24) is 0 Å². The Morgan fingerprint density at radius 1 is 1.00 bits per heavy atom. The molecule has 140 valence electrons. The molecule has 3 aromatic carbocycles. The third-order valence-corrected chi connectivity index (χ3v) is 6.43. The number of hydrogen-bond acceptors (Lipinski definition) is 4. The lowest BCUT2D eigenvalue weighted by molar-refractivity contribution is -0.141. The van der Waals surface area contributed by atoms with Crippen molar-refractivity contribution in [3.63, 3.8) is 0 Å². The zero-order chi connectivity index (χ0) is 19.4. The molecule has 0 atom stereocenters. The fourth-order valence-electron chi connectivity index (χ4n) is 2.73. The SMILES string of the molecule is CCOC(=O)CN(c1ccccc1Br)S(=O)(=O)c1ccc2ccccc2c1. The predicted octanol–water partition coefficient (Wildman–Crippen LogP) is 4.36. The Morgan fingerprint density at radius 3 is 2.37 bits per heavy atom. The van der Waals surface area contributed by atoms with E-state index in [1.54, 1.807) is 49.4 Å². The Hall–Kier alpha value is -2.38. The van der Waals surface area contributed by atoms with Crippen LogP contribution in [-0.4, -0.2) is 27.5 Å². The maximum Gasteiger partial charge on any atom is 0.326 e. The molecule has 7 heteroatoms. The second-order valence-electron chi connectivity index (χ2n) is 5.78. The second kappa shape index (κ2) is 8.10. The lowest BCUT2D eigenvalue weighted by Gasteiger charge is -2.24. The first-order chi connectivity index (χ1) is 12.9. The van der Waals surface area contributed by atoms with Gasteiger partial charge in [0, 0.05) is 4.47 Å². The van der Waals surface area contributed by atoms with Crippen molar-refractivity contribution < 1.29 is 17.9 Å². The molecule has 0 spiro atoms. The average Bonchev–Trinajstić information content (AvgIpc) is 2.66. The minimum absolute atomic E-state index is 0.112. The number of fused-ring (bicyclic) bond motifs is 1. The first kappa shape index (κ1) is 19.4. The van der Waals surface area contributed by atoms with Crippen molar-refractivity contribution in [1.29, 1.82) is 0 Å². The highest BCUT2D eigenvalue weighted by molar-refractivity contribution is 9.10. The van der Waals surface area contributed by atoms with E-state index in [9.17, 15) is 13.2 Å². The summed E-state index contributed by atoms with van der Waals surface area (Å²) in [6.45, 7) is 1.45. The molecule has 3 aromatic rings. The summed E-state index contributed by atoms with van der Waals surface area (Å²) in [6.07, 6.45) is 0. The van der Waals surface area contributed by atoms with Crippen LogP contribution in [0.15, 0.2) is 76.1 Å². The maximum absolute atomic E-state index is 13.4. The van der Waals surface area contributed by atoms with E-state index >= 15 is 0 Å². The summed E-state index contributed by atoms with van der Waals surface area (Å²) in [5.74, 6) is -0.613. The number of hydrogen-bond donors (Lipinski definition) is 0. The van der Waals surface area contributed by atoms with Crippen LogP contribution in [0.5, 0.6) is 0 Å². The number of esters is 1. The Labute approximate surface area is 166 Å². The molecule has 27 heavy (non-hydrogen) atoms. The molecule has 0 saturated carbocycles. The lowest BCUT2D eigenvalue weighted by Crippen LogP contribution is -2.36. The third kappa shape index (κ3) is 4.14. The molecule has 0 heterocycles. The van der Waals surface area contributed by atoms with E-state index in [0.717, 1.165) is 15.1 Å². The zero-order valence-electron chi connectivity index (χ0n) is 14.6. The monoisotopic (exact) mass is 447 g/mol. The molecule has 0 fully saturated rings. The number of para-hydroxylation sites is 1. The summed E-state index contributed by atoms with van der Waals surface area (Å²) in [5, 5.41) is 1.75. The van der Waals surface area contributed by atoms with E-state index in [1.165, 1.54) is 0 Å². The van der Waals surface area contributed by atoms with Gasteiger partial charge in [-0.05, 0) is 57.9 Å². The first-order valence-corrected chi connectivity index (χ1v) is 10.6. The minimum atomic E-state index is -3.98. The van der Waals surface area contributed by atoms with Crippen LogP contribution in [0.2, 0.25) is 0 Å². The zero-order valence-corrected chi connectivity index (χ0v) is 17.0. The molecular weight excluding hydrogens is 430 g/mol. The molecule has 0 aliphatic rings. The number of carbonyl (C=O) groups is 1. The quantitative estimate of drug-likeness (QED) is 0.526. The molecule has 0 saturated heterocycles. The van der Waals surface area contributed by atoms with E-state index in [-0.39, 0.29) is 11.5 Å². The van der Waals surface area contributed by atoms with Crippen LogP contribution in [0.25, 0.3) is 10.8 Å². The van der Waals surface area contributed by atoms with E-state index in [2.05, 4.69) is 15.9 Å². The Kier molecular flexibility index (Phi) is 5.82. The van der Waals surface area contributed by atoms with Crippen LogP contribution in [0.3, 0.4) is 0 Å². The fourth-order valence-corrected chi connectivity index (χ4v) is 4.81. The van der Waals surface area contributed by atoms with E-state index in [4.69, 9.17) is 4.74 Å². The van der Waals surface area contributed by atoms with Gasteiger partial charge in [0.1, 0.15) is 6.54 Å². The van der Waals surface area contributed by atoms with Crippen LogP contribution in [0.1, 0.15) is 6.92 Å². The van der Waals surface area contributed by atoms with Crippen molar-refractivity contribution in [2.75, 3.05) is 17.5 Å². The Bertz CT molecular complexity index is 1080. The van der Waals surface area contributed by atoms with Crippen molar-refractivity contribution in [2.24, 2.45) is 0 Å². The molecule has 5 nitrogen and oxygen atoms in total. The van der Waals surface area contributed by atoms with Crippen LogP contribution in [0, 0.1) is 0 Å². The van der Waals surface area contributed by atoms with Gasteiger partial charge >= 0.3 is 5.97 Å². The fraction of sp³-hybridized carbons (Fsp3) is 0.150. The van der Waals surface area contributed by atoms with Crippen LogP contribution in [0.4, 0.5) is 5.69 Å². The molecule has 0 aliphatic heterocycles. The van der Waals surface area contributed by atoms with E-state index in [1.807, 2.05) is 24.3 Å². The number of halogens is 1. The highest BCUT2D eigenvalue weighted by Crippen LogP contribution is 2.31. The van der Waals surface area contributed by atoms with Gasteiger partial charge in [-0.15, -0.1) is 0 Å². The number of carbonyl (C=O) groups excluding carboxylic acids is 1. The smallest absolute Gasteiger partial charge is 0.326 e. The van der Waals surface area contributed by atoms with Crippen LogP contribution in [-0.2, 0) is 19.6 Å². The molecule has 0 amide bonds. The number of rotatable bonds is 6. The molecule has 0 aliphatic carbocycles. The first-order valence-electron chi connectivity index (χ1n) is 8.35. The normalized spacial score (nSPS) is 11.3. The van der Waals surface area contributed by atoms with Crippen molar-refractivity contribution in [3.8, 4) is 0 Å². The van der Waals surface area contributed by atoms with Gasteiger partial charge in [0.15, 0.2) is 0 Å². The van der Waals surface area contributed by atoms with Crippen LogP contribution < -0.4 is 4.31 Å². The van der Waals surface area contributed by atoms with Crippen molar-refractivity contribution >= 4 is 48.4 Å². The minimum Gasteiger partial charge on any atom is -0.465 e. The highest BCUT2D eigenvalue weighted by Gasteiger charge is 2.29. The summed E-state index contributed by atoms with van der Waals surface area (Å²) in [6, 6.07) is 19.3. The van der Waals surface area contributed by atoms with Gasteiger partial charge in [0.05, 0.1) is 17.2 Å². The molecule has 0 N–H and O–H groups in total. The third-order valence-electron chi connectivity index (χ3n) is 4.01. The average molecular weight is 448 g/mol. The topological polar surface area (TPSA) is 63.7 Å². The summed E-state index contributed by atoms with van der Waals surface area (Å²) in [5.41, 5.74) is 0.374. The largest absolute Gasteiger partial charge is 0.465 e. The van der Waals surface area contributed by atoms with Crippen LogP contribution >= 0.6 is 15.9 Å². The molecule has 3 rings (SSSR count). The van der Waals surface area contributed by atoms with Gasteiger partial charge in [-0.25, -0.2) is 8.42 Å². The van der Waals surface area contributed by atoms with E-state index in [0.29, 0.717) is 10.2 Å². The number of ether oxygens (including phenoxy) is 1. The van der Waals surface area contributed by atoms with Gasteiger partial charge in [-0.2, -0.15) is 0 Å². The lowest BCUT2D eigenvalue weighted by atomic mass is 10.1.